The molecule has 11 heavy (non-hydrogen) atoms. The van der Waals surface area contributed by atoms with Gasteiger partial charge in [0.15, 0.2) is 0 Å². The highest BCUT2D eigenvalue weighted by Gasteiger charge is 2.47. The first kappa shape index (κ1) is 7.64. The molecule has 0 amide bonds. The lowest BCUT2D eigenvalue weighted by Crippen LogP contribution is -2.38. The molecule has 4 unspecified atom stereocenters. The summed E-state index contributed by atoms with van der Waals surface area (Å²) >= 11 is 0. The maximum absolute atomic E-state index is 2.45. The Morgan fingerprint density at radius 1 is 1.09 bits per heavy atom. The van der Waals surface area contributed by atoms with Gasteiger partial charge in [0.2, 0.25) is 0 Å². The molecule has 0 heteroatoms. The van der Waals surface area contributed by atoms with Crippen LogP contribution in [-0.2, 0) is 0 Å². The third-order valence-electron chi connectivity index (χ3n) is 4.19. The second-order valence-electron chi connectivity index (χ2n) is 5.03. The van der Waals surface area contributed by atoms with Gasteiger partial charge in [-0.15, -0.1) is 0 Å². The molecule has 0 spiro atoms. The fourth-order valence-corrected chi connectivity index (χ4v) is 3.30. The quantitative estimate of drug-likeness (QED) is 0.540. The van der Waals surface area contributed by atoms with Gasteiger partial charge in [-0.2, -0.15) is 0 Å². The molecule has 2 saturated carbocycles. The Bertz CT molecular complexity index is 148. The van der Waals surface area contributed by atoms with Gasteiger partial charge >= 0.3 is 0 Å². The Morgan fingerprint density at radius 3 is 2.36 bits per heavy atom. The van der Waals surface area contributed by atoms with Gasteiger partial charge in [-0.3, -0.25) is 0 Å². The number of hydrogen-bond acceptors (Lipinski definition) is 0. The Labute approximate surface area is 70.4 Å². The van der Waals surface area contributed by atoms with Crippen molar-refractivity contribution in [3.05, 3.63) is 0 Å². The van der Waals surface area contributed by atoms with Crippen LogP contribution in [-0.4, -0.2) is 0 Å². The normalized spacial score (nSPS) is 49.1. The predicted molar refractivity (Wildman–Crippen MR) is 48.3 cm³/mol. The fraction of sp³-hybridized carbons (Fsp3) is 1.00. The maximum atomic E-state index is 2.45. The molecule has 4 atom stereocenters. The smallest absolute Gasteiger partial charge is 0.0352 e. The van der Waals surface area contributed by atoms with E-state index in [2.05, 4.69) is 20.8 Å². The zero-order valence-corrected chi connectivity index (χ0v) is 8.01. The fourth-order valence-electron chi connectivity index (χ4n) is 3.30. The van der Waals surface area contributed by atoms with E-state index >= 15 is 0 Å². The molecule has 0 saturated heterocycles. The Hall–Kier alpha value is 0. The minimum absolute atomic E-state index is 0.946. The summed E-state index contributed by atoms with van der Waals surface area (Å²) in [6.07, 6.45) is 4.59. The van der Waals surface area contributed by atoms with Crippen LogP contribution in [0.2, 0.25) is 0 Å². The van der Waals surface area contributed by atoms with E-state index in [-0.39, 0.29) is 0 Å². The lowest BCUT2D eigenvalue weighted by Gasteiger charge is -2.45. The molecular weight excluding hydrogens is 132 g/mol. The molecule has 2 fully saturated rings. The first-order chi connectivity index (χ1) is 5.20. The molecule has 0 aromatic rings. The van der Waals surface area contributed by atoms with Crippen LogP contribution < -0.4 is 0 Å². The minimum atomic E-state index is 0.946. The number of fused-ring (bicyclic) bond motifs is 1. The molecule has 2 aliphatic carbocycles. The van der Waals surface area contributed by atoms with Gasteiger partial charge in [0.05, 0.1) is 0 Å². The second-order valence-corrected chi connectivity index (χ2v) is 5.03. The van der Waals surface area contributed by atoms with E-state index in [4.69, 9.17) is 0 Å². The maximum Gasteiger partial charge on any atom is -0.0352 e. The van der Waals surface area contributed by atoms with Crippen molar-refractivity contribution in [1.29, 1.82) is 0 Å². The number of hydrogen-bond donors (Lipinski definition) is 0. The van der Waals surface area contributed by atoms with Crippen molar-refractivity contribution in [1.82, 2.24) is 0 Å². The van der Waals surface area contributed by atoms with Crippen molar-refractivity contribution in [2.24, 2.45) is 29.6 Å². The van der Waals surface area contributed by atoms with Gasteiger partial charge in [0.1, 0.15) is 0 Å². The summed E-state index contributed by atoms with van der Waals surface area (Å²) < 4.78 is 0. The lowest BCUT2D eigenvalue weighted by atomic mass is 9.61. The topological polar surface area (TPSA) is 0 Å². The molecule has 0 N–H and O–H groups in total. The van der Waals surface area contributed by atoms with E-state index in [9.17, 15) is 0 Å². The summed E-state index contributed by atoms with van der Waals surface area (Å²) in [5.41, 5.74) is 0. The average molecular weight is 152 g/mol. The van der Waals surface area contributed by atoms with Crippen molar-refractivity contribution in [3.8, 4) is 0 Å². The largest absolute Gasteiger partial charge is 0.0625 e. The molecule has 2 aliphatic rings. The van der Waals surface area contributed by atoms with Gasteiger partial charge < -0.3 is 0 Å². The molecule has 0 aliphatic heterocycles. The van der Waals surface area contributed by atoms with Crippen molar-refractivity contribution >= 4 is 0 Å². The Morgan fingerprint density at radius 2 is 1.82 bits per heavy atom. The van der Waals surface area contributed by atoms with Crippen LogP contribution in [0.3, 0.4) is 0 Å². The van der Waals surface area contributed by atoms with Crippen molar-refractivity contribution in [2.45, 2.75) is 40.0 Å². The SMILES string of the molecule is CC(C)C1CC2C(C)CCC12. The summed E-state index contributed by atoms with van der Waals surface area (Å²) in [6, 6.07) is 0. The first-order valence-corrected chi connectivity index (χ1v) is 5.20. The molecule has 0 aromatic heterocycles. The number of rotatable bonds is 1. The van der Waals surface area contributed by atoms with Crippen LogP contribution in [0.25, 0.3) is 0 Å². The molecule has 0 radical (unpaired) electrons. The van der Waals surface area contributed by atoms with Crippen LogP contribution in [0.4, 0.5) is 0 Å². The predicted octanol–water partition coefficient (Wildman–Crippen LogP) is 3.32. The standard InChI is InChI=1S/C11H20/c1-7(2)10-6-11-8(3)4-5-9(10)11/h7-11H,4-6H2,1-3H3. The third-order valence-corrected chi connectivity index (χ3v) is 4.19. The van der Waals surface area contributed by atoms with Crippen LogP contribution in [0.5, 0.6) is 0 Å². The van der Waals surface area contributed by atoms with E-state index in [0.717, 1.165) is 29.6 Å². The Kier molecular flexibility index (Phi) is 1.74. The van der Waals surface area contributed by atoms with Crippen LogP contribution in [0.1, 0.15) is 40.0 Å². The molecule has 0 nitrogen and oxygen atoms in total. The van der Waals surface area contributed by atoms with Gasteiger partial charge in [-0.05, 0) is 42.4 Å². The van der Waals surface area contributed by atoms with Gasteiger partial charge in [-0.1, -0.05) is 27.2 Å². The minimum Gasteiger partial charge on any atom is -0.0625 e. The molecule has 64 valence electrons. The van der Waals surface area contributed by atoms with E-state index in [1.54, 1.807) is 6.42 Å². The summed E-state index contributed by atoms with van der Waals surface area (Å²) in [5, 5.41) is 0. The van der Waals surface area contributed by atoms with E-state index in [1.165, 1.54) is 12.8 Å². The summed E-state index contributed by atoms with van der Waals surface area (Å²) in [7, 11) is 0. The van der Waals surface area contributed by atoms with Crippen molar-refractivity contribution in [3.63, 3.8) is 0 Å². The van der Waals surface area contributed by atoms with E-state index in [0.29, 0.717) is 0 Å². The lowest BCUT2D eigenvalue weighted by molar-refractivity contribution is 0.0423. The average Bonchev–Trinajstić information content (AvgIpc) is 2.06. The molecule has 0 bridgehead atoms. The highest BCUT2D eigenvalue weighted by molar-refractivity contribution is 4.97. The van der Waals surface area contributed by atoms with Crippen molar-refractivity contribution in [2.75, 3.05) is 0 Å². The zero-order valence-electron chi connectivity index (χ0n) is 8.01. The monoisotopic (exact) mass is 152 g/mol. The Balaban J connectivity index is 1.96. The molecule has 2 rings (SSSR count). The van der Waals surface area contributed by atoms with Gasteiger partial charge in [0.25, 0.3) is 0 Å². The first-order valence-electron chi connectivity index (χ1n) is 5.20. The third kappa shape index (κ3) is 1.02. The molecule has 0 heterocycles. The summed E-state index contributed by atoms with van der Waals surface area (Å²) in [6.45, 7) is 7.23. The van der Waals surface area contributed by atoms with Gasteiger partial charge in [0, 0.05) is 0 Å². The van der Waals surface area contributed by atoms with Crippen LogP contribution in [0.15, 0.2) is 0 Å². The highest BCUT2D eigenvalue weighted by atomic mass is 14.5. The van der Waals surface area contributed by atoms with Crippen molar-refractivity contribution < 1.29 is 0 Å². The molecule has 0 aromatic carbocycles. The zero-order chi connectivity index (χ0) is 8.01. The summed E-state index contributed by atoms with van der Waals surface area (Å²) in [5.74, 6) is 5.34. The van der Waals surface area contributed by atoms with E-state index in [1.807, 2.05) is 0 Å². The molecular formula is C11H20. The second kappa shape index (κ2) is 2.50. The summed E-state index contributed by atoms with van der Waals surface area (Å²) in [4.78, 5) is 0. The van der Waals surface area contributed by atoms with Crippen LogP contribution >= 0.6 is 0 Å². The van der Waals surface area contributed by atoms with Crippen LogP contribution in [0, 0.1) is 29.6 Å². The highest BCUT2D eigenvalue weighted by Crippen LogP contribution is 2.56. The van der Waals surface area contributed by atoms with E-state index < -0.39 is 0 Å². The van der Waals surface area contributed by atoms with Gasteiger partial charge in [-0.25, -0.2) is 0 Å².